The van der Waals surface area contributed by atoms with Crippen molar-refractivity contribution in [2.45, 2.75) is 82.4 Å². The number of hydrogen-bond donors (Lipinski definition) is 1. The molecule has 1 aliphatic carbocycles. The van der Waals surface area contributed by atoms with E-state index in [1.54, 1.807) is 0 Å². The summed E-state index contributed by atoms with van der Waals surface area (Å²) >= 11 is 0. The molecule has 3 saturated heterocycles. The number of nitrogens with zero attached hydrogens (tertiary/aromatic N) is 4. The number of likely N-dealkylation sites (tertiary alicyclic amines) is 1. The predicted molar refractivity (Wildman–Crippen MR) is 126 cm³/mol. The topological polar surface area (TPSA) is 79.8 Å². The highest BCUT2D eigenvalue weighted by molar-refractivity contribution is 5.84. The Hall–Kier alpha value is -1.98. The Morgan fingerprint density at radius 1 is 1.31 bits per heavy atom. The lowest BCUT2D eigenvalue weighted by Gasteiger charge is -2.42. The largest absolute Gasteiger partial charge is 0.434 e. The van der Waals surface area contributed by atoms with Crippen molar-refractivity contribution in [2.24, 2.45) is 11.3 Å². The molecule has 1 N–H and O–H groups in total. The second kappa shape index (κ2) is 9.72. The fourth-order valence-electron chi connectivity index (χ4n) is 6.67. The van der Waals surface area contributed by atoms with Gasteiger partial charge in [0.2, 0.25) is 5.91 Å². The van der Waals surface area contributed by atoms with Crippen LogP contribution >= 0.6 is 0 Å². The molecule has 3 aliphatic heterocycles. The number of rotatable bonds is 6. The third-order valence-corrected chi connectivity index (χ3v) is 8.76. The summed E-state index contributed by atoms with van der Waals surface area (Å²) in [6, 6.07) is 0.188. The Kier molecular flexibility index (Phi) is 6.58. The minimum Gasteiger partial charge on any atom is -0.379 e. The van der Waals surface area contributed by atoms with E-state index in [1.807, 2.05) is 9.80 Å². The van der Waals surface area contributed by atoms with Gasteiger partial charge in [0, 0.05) is 38.9 Å². The van der Waals surface area contributed by atoms with Crippen molar-refractivity contribution in [1.29, 1.82) is 0 Å². The molecule has 1 aromatic heterocycles. The predicted octanol–water partition coefficient (Wildman–Crippen LogP) is 2.87. The summed E-state index contributed by atoms with van der Waals surface area (Å²) in [6.07, 6.45) is 1.39. The molecule has 4 aliphatic rings. The number of hydrogen-bond acceptors (Lipinski definition) is 7. The fraction of sp³-hybridized carbons (Fsp3) is 0.800. The van der Waals surface area contributed by atoms with Gasteiger partial charge in [-0.3, -0.25) is 9.78 Å². The van der Waals surface area contributed by atoms with Gasteiger partial charge in [0.1, 0.15) is 5.82 Å². The number of aromatic nitrogens is 2. The summed E-state index contributed by atoms with van der Waals surface area (Å²) in [4.78, 5) is 25.5. The van der Waals surface area contributed by atoms with Crippen molar-refractivity contribution in [3.05, 3.63) is 18.1 Å². The number of ether oxygens (including phenoxy) is 2. The van der Waals surface area contributed by atoms with Crippen LogP contribution in [0.1, 0.15) is 53.0 Å². The van der Waals surface area contributed by atoms with E-state index in [9.17, 15) is 18.0 Å². The van der Waals surface area contributed by atoms with E-state index in [1.165, 1.54) is 6.20 Å². The first-order valence-electron chi connectivity index (χ1n) is 13.5. The molecule has 8 nitrogen and oxygen atoms in total. The molecule has 11 heteroatoms. The first kappa shape index (κ1) is 24.4. The molecule has 0 aromatic carbocycles. The van der Waals surface area contributed by atoms with Crippen LogP contribution in [0.4, 0.5) is 19.0 Å². The molecule has 2 bridgehead atoms. The number of anilines is 1. The van der Waals surface area contributed by atoms with Crippen LogP contribution in [0, 0.1) is 11.3 Å². The molecule has 1 saturated carbocycles. The summed E-state index contributed by atoms with van der Waals surface area (Å²) < 4.78 is 57.9. The molecule has 0 radical (unpaired) electrons. The number of amides is 1. The number of halogens is 3. The average Bonchev–Trinajstić information content (AvgIpc) is 3.60. The van der Waals surface area contributed by atoms with Crippen molar-refractivity contribution in [2.75, 3.05) is 38.3 Å². The average molecular weight is 513 g/mol. The summed E-state index contributed by atoms with van der Waals surface area (Å²) in [5, 5.41) is 3.71. The fourth-order valence-corrected chi connectivity index (χ4v) is 6.67. The maximum atomic E-state index is 14.1. The smallest absolute Gasteiger partial charge is 0.379 e. The third kappa shape index (κ3) is 4.58. The summed E-state index contributed by atoms with van der Waals surface area (Å²) in [6.45, 7) is 6.31. The van der Waals surface area contributed by atoms with Gasteiger partial charge < -0.3 is 24.6 Å². The first-order valence-corrected chi connectivity index (χ1v) is 12.8. The van der Waals surface area contributed by atoms with Crippen LogP contribution in [-0.2, 0) is 20.4 Å². The Bertz CT molecular complexity index is 983. The number of methoxy groups -OCH3 is 1. The van der Waals surface area contributed by atoms with Crippen molar-refractivity contribution in [3.63, 3.8) is 0 Å². The van der Waals surface area contributed by atoms with Gasteiger partial charge >= 0.3 is 6.18 Å². The van der Waals surface area contributed by atoms with Gasteiger partial charge in [0.15, 0.2) is 5.69 Å². The molecule has 1 amide bonds. The lowest BCUT2D eigenvalue weighted by atomic mass is 9.74. The quantitative estimate of drug-likeness (QED) is 0.628. The van der Waals surface area contributed by atoms with Crippen LogP contribution < -0.4 is 10.2 Å². The molecule has 1 aromatic rings. The van der Waals surface area contributed by atoms with E-state index in [2.05, 4.69) is 29.1 Å². The van der Waals surface area contributed by atoms with Crippen LogP contribution in [0.25, 0.3) is 0 Å². The van der Waals surface area contributed by atoms with E-state index in [-0.39, 0.29) is 55.0 Å². The lowest BCUT2D eigenvalue weighted by molar-refractivity contribution is -0.146. The second-order valence-electron chi connectivity index (χ2n) is 11.0. The standard InChI is InChI=1S/C25H36F3N5O3/c1-15(2)24(6-4-16(9-24)30-19-5-7-36-14-20(19)35-3)23(34)33-13-17-8-18(33)12-32(17)22-11-29-10-21(31-22)25(26,27)28/h10-11,15-20,30H,4-9,12-14H2,1-3H3/t16-,17+,18+,19+,20-,24+/m1/s1/i3D. The number of fused-ring (bicyclic) bond motifs is 2. The van der Waals surface area contributed by atoms with Gasteiger partial charge in [-0.15, -0.1) is 0 Å². The minimum absolute atomic E-state index is 0.0400. The minimum atomic E-state index is -4.54. The molecule has 4 heterocycles. The Balaban J connectivity index is 1.25. The Morgan fingerprint density at radius 2 is 2.14 bits per heavy atom. The molecule has 4 fully saturated rings. The van der Waals surface area contributed by atoms with Gasteiger partial charge in [0.05, 0.1) is 44.0 Å². The highest BCUT2D eigenvalue weighted by Crippen LogP contribution is 2.48. The summed E-state index contributed by atoms with van der Waals surface area (Å²) in [5.41, 5.74) is -1.47. The molecule has 5 rings (SSSR count). The molecule has 6 atom stereocenters. The molecule has 0 unspecified atom stereocenters. The Morgan fingerprint density at radius 3 is 2.83 bits per heavy atom. The third-order valence-electron chi connectivity index (χ3n) is 8.76. The van der Waals surface area contributed by atoms with Crippen molar-refractivity contribution in [1.82, 2.24) is 20.2 Å². The van der Waals surface area contributed by atoms with E-state index in [0.717, 1.165) is 38.3 Å². The molecule has 36 heavy (non-hydrogen) atoms. The maximum Gasteiger partial charge on any atom is 0.434 e. The number of alkyl halides is 3. The van der Waals surface area contributed by atoms with Crippen LogP contribution in [0.3, 0.4) is 0 Å². The van der Waals surface area contributed by atoms with Crippen LogP contribution in [0.2, 0.25) is 0 Å². The van der Waals surface area contributed by atoms with Crippen LogP contribution in [0.5, 0.6) is 0 Å². The maximum absolute atomic E-state index is 14.1. The van der Waals surface area contributed by atoms with E-state index >= 15 is 0 Å². The van der Waals surface area contributed by atoms with Crippen LogP contribution in [-0.4, -0.2) is 84.4 Å². The van der Waals surface area contributed by atoms with Gasteiger partial charge in [-0.25, -0.2) is 4.98 Å². The summed E-state index contributed by atoms with van der Waals surface area (Å²) in [7, 11) is -0.105. The van der Waals surface area contributed by atoms with Crippen molar-refractivity contribution in [3.8, 4) is 0 Å². The van der Waals surface area contributed by atoms with Crippen LogP contribution in [0.15, 0.2) is 12.4 Å². The molecule has 0 spiro atoms. The van der Waals surface area contributed by atoms with Crippen molar-refractivity contribution < 1.29 is 28.8 Å². The van der Waals surface area contributed by atoms with Crippen molar-refractivity contribution >= 4 is 11.7 Å². The zero-order chi connectivity index (χ0) is 26.4. The molecular formula is C25H36F3N5O3. The lowest BCUT2D eigenvalue weighted by Crippen LogP contribution is -2.55. The molecular weight excluding hydrogens is 475 g/mol. The van der Waals surface area contributed by atoms with Gasteiger partial charge in [-0.1, -0.05) is 13.8 Å². The van der Waals surface area contributed by atoms with Gasteiger partial charge in [-0.05, 0) is 38.0 Å². The van der Waals surface area contributed by atoms with Gasteiger partial charge in [-0.2, -0.15) is 13.2 Å². The number of piperazine rings is 1. The highest BCUT2D eigenvalue weighted by atomic mass is 19.4. The van der Waals surface area contributed by atoms with E-state index in [0.29, 0.717) is 26.3 Å². The molecule has 200 valence electrons. The SMILES string of the molecule is [2H]CO[C@@H]1COCC[C@@H]1N[C@@H]1CC[C@@](C(=O)N2C[C@@H]3C[C@H]2CN3c2cncc(C(F)(F)F)n2)(C(C)C)C1. The van der Waals surface area contributed by atoms with Gasteiger partial charge in [0.25, 0.3) is 0 Å². The highest BCUT2D eigenvalue weighted by Gasteiger charge is 2.55. The number of carbonyl (C=O) groups excluding carboxylic acids is 1. The Labute approximate surface area is 211 Å². The summed E-state index contributed by atoms with van der Waals surface area (Å²) in [5.74, 6) is 0.547. The number of carbonyl (C=O) groups is 1. The monoisotopic (exact) mass is 512 g/mol. The zero-order valence-electron chi connectivity index (χ0n) is 21.8. The first-order chi connectivity index (χ1) is 17.6. The van der Waals surface area contributed by atoms with E-state index in [4.69, 9.17) is 10.8 Å². The number of nitrogens with one attached hydrogen (secondary N) is 1. The normalized spacial score (nSPS) is 35.1. The zero-order valence-corrected chi connectivity index (χ0v) is 20.8. The second-order valence-corrected chi connectivity index (χ2v) is 11.0. The van der Waals surface area contributed by atoms with E-state index < -0.39 is 17.3 Å².